The molecule has 4 aromatic carbocycles. The average Bonchev–Trinajstić information content (AvgIpc) is 2.90. The average molecular weight is 651 g/mol. The Kier molecular flexibility index (Phi) is 9.28. The lowest BCUT2D eigenvalue weighted by Gasteiger charge is -2.08. The first-order valence-electron chi connectivity index (χ1n) is 11.6. The monoisotopic (exact) mass is 650 g/mol. The van der Waals surface area contributed by atoms with Crippen molar-refractivity contribution in [1.29, 1.82) is 0 Å². The molecule has 12 N–H and O–H groups in total. The van der Waals surface area contributed by atoms with Gasteiger partial charge in [-0.15, -0.1) is 0 Å². The van der Waals surface area contributed by atoms with E-state index in [-0.39, 0.29) is 55.2 Å². The quantitative estimate of drug-likeness (QED) is 0.0644. The highest BCUT2D eigenvalue weighted by Crippen LogP contribution is 2.30. The van der Waals surface area contributed by atoms with E-state index < -0.39 is 39.9 Å². The lowest BCUT2D eigenvalue weighted by Crippen LogP contribution is -2.03. The molecule has 228 valence electrons. The number of hydrogen-bond acceptors (Lipinski definition) is 12. The van der Waals surface area contributed by atoms with Crippen molar-refractivity contribution in [2.24, 2.45) is 0 Å². The Labute approximate surface area is 246 Å². The van der Waals surface area contributed by atoms with E-state index in [4.69, 9.17) is 22.9 Å². The summed E-state index contributed by atoms with van der Waals surface area (Å²) >= 11 is 0. The first-order valence-corrected chi connectivity index (χ1v) is 16.0. The lowest BCUT2D eigenvalue weighted by atomic mass is 10.1. The number of rotatable bonds is 6. The number of phenols is 2. The van der Waals surface area contributed by atoms with Gasteiger partial charge in [-0.3, -0.25) is 9.11 Å². The predicted molar refractivity (Wildman–Crippen MR) is 161 cm³/mol. The van der Waals surface area contributed by atoms with Crippen LogP contribution in [0, 0.1) is 0 Å². The van der Waals surface area contributed by atoms with Gasteiger partial charge in [-0.1, -0.05) is 24.3 Å². The first-order chi connectivity index (χ1) is 19.8. The molecule has 0 saturated heterocycles. The van der Waals surface area contributed by atoms with Crippen molar-refractivity contribution in [3.63, 3.8) is 0 Å². The molecule has 17 heteroatoms. The van der Waals surface area contributed by atoms with Crippen LogP contribution in [0.3, 0.4) is 0 Å². The highest BCUT2D eigenvalue weighted by Gasteiger charge is 2.20. The zero-order valence-corrected chi connectivity index (χ0v) is 24.3. The van der Waals surface area contributed by atoms with Crippen LogP contribution in [0.1, 0.15) is 11.1 Å². The minimum atomic E-state index is -4.52. The molecule has 0 radical (unpaired) electrons. The molecule has 4 rings (SSSR count). The Hall–Kier alpha value is -4.81. The maximum absolute atomic E-state index is 12.3. The molecule has 43 heavy (non-hydrogen) atoms. The van der Waals surface area contributed by atoms with Crippen molar-refractivity contribution in [2.45, 2.75) is 19.6 Å². The summed E-state index contributed by atoms with van der Waals surface area (Å²) in [6.07, 6.45) is 2.53. The van der Waals surface area contributed by atoms with Crippen LogP contribution in [0.4, 0.5) is 22.7 Å². The topological polar surface area (TPSA) is 287 Å². The molecule has 0 fully saturated rings. The number of anilines is 4. The predicted octanol–water partition coefficient (Wildman–Crippen LogP) is 2.61. The van der Waals surface area contributed by atoms with E-state index in [2.05, 4.69) is 0 Å². The van der Waals surface area contributed by atoms with Gasteiger partial charge in [0.1, 0.15) is 21.3 Å². The summed E-state index contributed by atoms with van der Waals surface area (Å²) in [6.45, 7) is 0. The third-order valence-electron chi connectivity index (χ3n) is 5.69. The van der Waals surface area contributed by atoms with Crippen molar-refractivity contribution in [2.75, 3.05) is 22.9 Å². The van der Waals surface area contributed by atoms with Crippen molar-refractivity contribution in [3.8, 4) is 11.5 Å². The van der Waals surface area contributed by atoms with E-state index >= 15 is 0 Å². The van der Waals surface area contributed by atoms with Crippen LogP contribution < -0.4 is 22.9 Å². The van der Waals surface area contributed by atoms with Crippen LogP contribution in [0.5, 0.6) is 11.5 Å². The fourth-order valence-electron chi connectivity index (χ4n) is 3.54. The van der Waals surface area contributed by atoms with Gasteiger partial charge in [-0.05, 0) is 71.8 Å². The highest BCUT2D eigenvalue weighted by atomic mass is 32.2. The molecule has 4 aromatic rings. The van der Waals surface area contributed by atoms with E-state index in [0.717, 1.165) is 24.3 Å². The summed E-state index contributed by atoms with van der Waals surface area (Å²) in [5, 5.41) is 18.6. The Balaban J connectivity index is 0.000000242. The molecule has 0 amide bonds. The van der Waals surface area contributed by atoms with E-state index in [1.807, 2.05) is 0 Å². The summed E-state index contributed by atoms with van der Waals surface area (Å²) in [5.41, 5.74) is 22.3. The number of phenolic OH excluding ortho intramolecular Hbond substituents is 2. The third-order valence-corrected chi connectivity index (χ3v) is 9.26. The molecule has 0 unspecified atom stereocenters. The van der Waals surface area contributed by atoms with E-state index in [0.29, 0.717) is 0 Å². The highest BCUT2D eigenvalue weighted by molar-refractivity contribution is 7.91. The van der Waals surface area contributed by atoms with Gasteiger partial charge in [-0.25, -0.2) is 8.42 Å². The van der Waals surface area contributed by atoms with Gasteiger partial charge in [0.05, 0.1) is 21.2 Å². The second-order valence-electron chi connectivity index (χ2n) is 8.82. The smallest absolute Gasteiger partial charge is 0.295 e. The minimum Gasteiger partial charge on any atom is -0.506 e. The van der Waals surface area contributed by atoms with Crippen LogP contribution in [0.25, 0.3) is 12.2 Å². The Morgan fingerprint density at radius 1 is 0.512 bits per heavy atom. The number of nitrogen functional groups attached to an aromatic ring is 4. The van der Waals surface area contributed by atoms with Gasteiger partial charge < -0.3 is 33.1 Å². The van der Waals surface area contributed by atoms with Gasteiger partial charge in [-0.2, -0.15) is 16.8 Å². The van der Waals surface area contributed by atoms with Gasteiger partial charge in [0.15, 0.2) is 0 Å². The molecule has 0 bridgehead atoms. The van der Waals surface area contributed by atoms with Crippen LogP contribution in [0.15, 0.2) is 92.4 Å². The summed E-state index contributed by atoms with van der Waals surface area (Å²) in [5.74, 6) is -0.381. The van der Waals surface area contributed by atoms with Crippen molar-refractivity contribution < 1.29 is 44.6 Å². The second-order valence-corrected chi connectivity index (χ2v) is 13.6. The van der Waals surface area contributed by atoms with Crippen LogP contribution >= 0.6 is 0 Å². The van der Waals surface area contributed by atoms with Gasteiger partial charge >= 0.3 is 0 Å². The van der Waals surface area contributed by atoms with Gasteiger partial charge in [0.25, 0.3) is 20.2 Å². The van der Waals surface area contributed by atoms with Gasteiger partial charge in [0, 0.05) is 11.4 Å². The molecule has 0 aliphatic carbocycles. The molecular weight excluding hydrogens is 625 g/mol. The summed E-state index contributed by atoms with van der Waals surface area (Å²) in [7, 11) is -12.8. The van der Waals surface area contributed by atoms with Crippen molar-refractivity contribution in [1.82, 2.24) is 0 Å². The molecule has 0 spiro atoms. The lowest BCUT2D eigenvalue weighted by molar-refractivity contribution is 0.477. The summed E-state index contributed by atoms with van der Waals surface area (Å²) < 4.78 is 88.7. The summed E-state index contributed by atoms with van der Waals surface area (Å²) in [6, 6.07) is 14.9. The van der Waals surface area contributed by atoms with Gasteiger partial charge in [0.2, 0.25) is 9.84 Å². The normalized spacial score (nSPS) is 12.0. The molecule has 0 aromatic heterocycles. The number of hydrogen-bond donors (Lipinski definition) is 8. The first kappa shape index (κ1) is 32.7. The van der Waals surface area contributed by atoms with Crippen LogP contribution in [0.2, 0.25) is 0 Å². The fourth-order valence-corrected chi connectivity index (χ4v) is 6.31. The number of nitrogens with two attached hydrogens (primary N) is 4. The Bertz CT molecular complexity index is 1920. The SMILES string of the molecule is Nc1cc(S(=O)(=O)c2ccc(O)c(N)c2)ccc1O.Nc1ccc(/C=C/c2ccc(N)cc2S(=O)(=O)O)c(S(=O)(=O)O)c1. The van der Waals surface area contributed by atoms with Crippen molar-refractivity contribution in [3.05, 3.63) is 83.9 Å². The van der Waals surface area contributed by atoms with E-state index in [9.17, 15) is 44.6 Å². The number of sulfone groups is 1. The zero-order valence-electron chi connectivity index (χ0n) is 21.9. The second kappa shape index (κ2) is 12.2. The zero-order chi connectivity index (χ0) is 32.3. The fraction of sp³-hybridized carbons (Fsp3) is 0. The number of aromatic hydroxyl groups is 2. The maximum atomic E-state index is 12.3. The largest absolute Gasteiger partial charge is 0.506 e. The van der Waals surface area contributed by atoms with Crippen LogP contribution in [-0.2, 0) is 30.1 Å². The molecular formula is C26H26N4O10S3. The van der Waals surface area contributed by atoms with Crippen molar-refractivity contribution >= 4 is 65.0 Å². The number of benzene rings is 4. The molecule has 0 aliphatic rings. The van der Waals surface area contributed by atoms with E-state index in [1.54, 1.807) is 0 Å². The van der Waals surface area contributed by atoms with Crippen LogP contribution in [-0.4, -0.2) is 44.6 Å². The molecule has 0 aliphatic heterocycles. The Morgan fingerprint density at radius 2 is 0.860 bits per heavy atom. The molecule has 0 heterocycles. The minimum absolute atomic E-state index is 0.0344. The maximum Gasteiger partial charge on any atom is 0.295 e. The molecule has 14 nitrogen and oxygen atoms in total. The van der Waals surface area contributed by atoms with E-state index in [1.165, 1.54) is 60.7 Å². The summed E-state index contributed by atoms with van der Waals surface area (Å²) in [4.78, 5) is -0.981. The third kappa shape index (κ3) is 7.93. The Morgan fingerprint density at radius 3 is 1.16 bits per heavy atom. The standard InChI is InChI=1S/C14H14N2O6S2.C12H12N2O4S/c15-11-5-3-9(13(7-11)23(17,18)19)1-2-10-4-6-12(16)8-14(10)24(20,21)22;13-9-5-7(1-3-11(9)15)19(17,18)8-2-4-12(16)10(14)6-8/h1-8H,15-16H2,(H,17,18,19)(H,20,21,22);1-6,15-16H,13-14H2/b2-1+;. The molecule has 0 atom stereocenters. The molecule has 0 saturated carbocycles.